The molecule has 1 amide bonds. The number of carboxylic acid groups (broad SMARTS) is 1. The number of rotatable bonds is 9. The number of aromatic nitrogens is 1. The maximum Gasteiger partial charge on any atom is 0.305 e. The first-order chi connectivity index (χ1) is 16.1. The molecule has 1 aromatic heterocycles. The van der Waals surface area contributed by atoms with Gasteiger partial charge < -0.3 is 10.4 Å². The highest BCUT2D eigenvalue weighted by atomic mass is 19.1. The lowest BCUT2D eigenvalue weighted by Gasteiger charge is -2.24. The lowest BCUT2D eigenvalue weighted by Crippen LogP contribution is -2.47. The third-order valence-corrected chi connectivity index (χ3v) is 5.78. The predicted molar refractivity (Wildman–Crippen MR) is 124 cm³/mol. The summed E-state index contributed by atoms with van der Waals surface area (Å²) >= 11 is 0. The average molecular weight is 468 g/mol. The number of para-hydroxylation sites is 2. The van der Waals surface area contributed by atoms with E-state index in [2.05, 4.69) is 5.32 Å². The van der Waals surface area contributed by atoms with Crippen LogP contribution in [0.1, 0.15) is 31.5 Å². The molecule has 0 aliphatic rings. The van der Waals surface area contributed by atoms with Crippen molar-refractivity contribution in [1.82, 2.24) is 9.88 Å². The molecule has 2 atom stereocenters. The summed E-state index contributed by atoms with van der Waals surface area (Å²) < 4.78 is 14.3. The van der Waals surface area contributed by atoms with Crippen LogP contribution in [-0.2, 0) is 14.4 Å². The molecule has 3 aromatic rings. The van der Waals surface area contributed by atoms with Gasteiger partial charge in [0.2, 0.25) is 11.8 Å². The Bertz CT molecular complexity index is 1270. The van der Waals surface area contributed by atoms with E-state index >= 15 is 0 Å². The highest BCUT2D eigenvalue weighted by molar-refractivity contribution is 6.03. The molecule has 1 unspecified atom stereocenters. The molecular weight excluding hydrogens is 443 g/mol. The van der Waals surface area contributed by atoms with E-state index in [1.807, 2.05) is 0 Å². The van der Waals surface area contributed by atoms with E-state index in [9.17, 15) is 28.4 Å². The van der Waals surface area contributed by atoms with Crippen LogP contribution in [0.2, 0.25) is 0 Å². The topological polar surface area (TPSA) is 123 Å². The van der Waals surface area contributed by atoms with Crippen LogP contribution in [0.15, 0.2) is 53.3 Å². The van der Waals surface area contributed by atoms with Gasteiger partial charge in [-0.2, -0.15) is 0 Å². The molecule has 9 heteroatoms. The molecule has 8 nitrogen and oxygen atoms in total. The quantitative estimate of drug-likeness (QED) is 0.466. The van der Waals surface area contributed by atoms with Crippen molar-refractivity contribution in [2.75, 3.05) is 6.67 Å². The Morgan fingerprint density at radius 1 is 0.941 bits per heavy atom. The second-order valence-corrected chi connectivity index (χ2v) is 8.41. The maximum atomic E-state index is 13.5. The minimum absolute atomic E-state index is 0.213. The van der Waals surface area contributed by atoms with Gasteiger partial charge in [0.05, 0.1) is 17.5 Å². The van der Waals surface area contributed by atoms with Crippen molar-refractivity contribution in [2.45, 2.75) is 32.7 Å². The van der Waals surface area contributed by atoms with Gasteiger partial charge >= 0.3 is 5.97 Å². The van der Waals surface area contributed by atoms with Crippen molar-refractivity contribution in [3.8, 4) is 0 Å². The van der Waals surface area contributed by atoms with Gasteiger partial charge in [0, 0.05) is 23.1 Å². The molecule has 0 fully saturated rings. The highest BCUT2D eigenvalue weighted by Gasteiger charge is 2.31. The summed E-state index contributed by atoms with van der Waals surface area (Å²) in [5.41, 5.74) is 0.584. The molecule has 1 heterocycles. The molecule has 2 aromatic carbocycles. The lowest BCUT2D eigenvalue weighted by molar-refractivity contribution is -0.140. The van der Waals surface area contributed by atoms with E-state index in [1.54, 1.807) is 62.4 Å². The van der Waals surface area contributed by atoms with Gasteiger partial charge in [0.25, 0.3) is 0 Å². The van der Waals surface area contributed by atoms with Crippen molar-refractivity contribution in [3.05, 3.63) is 58.8 Å². The number of ketones is 1. The first kappa shape index (κ1) is 24.8. The van der Waals surface area contributed by atoms with Gasteiger partial charge in [-0.3, -0.25) is 28.5 Å². The smallest absolute Gasteiger partial charge is 0.305 e. The number of amides is 1. The van der Waals surface area contributed by atoms with E-state index in [4.69, 9.17) is 5.11 Å². The third kappa shape index (κ3) is 5.03. The van der Waals surface area contributed by atoms with Crippen molar-refractivity contribution < 1.29 is 28.7 Å². The number of nitrogens with zero attached hydrogens (tertiary/aromatic N) is 1. The van der Waals surface area contributed by atoms with E-state index in [1.165, 1.54) is 4.57 Å². The summed E-state index contributed by atoms with van der Waals surface area (Å²) in [6, 6.07) is 11.8. The Morgan fingerprint density at radius 2 is 1.47 bits per heavy atom. The second kappa shape index (κ2) is 10.4. The van der Waals surface area contributed by atoms with E-state index < -0.39 is 48.6 Å². The van der Waals surface area contributed by atoms with Gasteiger partial charge in [-0.25, -0.2) is 4.39 Å². The molecule has 0 aliphatic carbocycles. The lowest BCUT2D eigenvalue weighted by atomic mass is 9.90. The first-order valence-corrected chi connectivity index (χ1v) is 10.8. The molecule has 0 aliphatic heterocycles. The Labute approximate surface area is 194 Å². The summed E-state index contributed by atoms with van der Waals surface area (Å²) in [6.07, 6.45) is -1.04. The minimum atomic E-state index is -1.53. The zero-order valence-electron chi connectivity index (χ0n) is 18.8. The van der Waals surface area contributed by atoms with Crippen LogP contribution < -0.4 is 10.7 Å². The fourth-order valence-electron chi connectivity index (χ4n) is 3.97. The monoisotopic (exact) mass is 468 g/mol. The fraction of sp³-hybridized carbons (Fsp3) is 0.320. The number of hydrogen-bond donors (Lipinski definition) is 2. The zero-order valence-corrected chi connectivity index (χ0v) is 18.8. The Balaban J connectivity index is 2.00. The van der Waals surface area contributed by atoms with E-state index in [0.29, 0.717) is 21.8 Å². The van der Waals surface area contributed by atoms with Gasteiger partial charge in [-0.05, 0) is 30.2 Å². The van der Waals surface area contributed by atoms with Crippen LogP contribution in [0, 0.1) is 11.8 Å². The number of carbonyl (C=O) groups excluding carboxylic acids is 3. The number of carbonyl (C=O) groups is 4. The number of pyridine rings is 1. The van der Waals surface area contributed by atoms with Crippen LogP contribution in [-0.4, -0.2) is 46.0 Å². The first-order valence-electron chi connectivity index (χ1n) is 10.8. The standard InChI is InChI=1S/C25H25FN2O6/c1-14(2)17(25(34)27-18(12-23(31)32)21(29)13-26)11-22(30)28-19-9-5-3-7-15(19)24(33)16-8-4-6-10-20(16)28/h3-10,14,17-18H,11-13H2,1-2H3,(H,27,34)(H,31,32)/t17-,18?/m1/s1. The number of benzene rings is 2. The Kier molecular flexibility index (Phi) is 7.55. The Hall–Kier alpha value is -3.88. The summed E-state index contributed by atoms with van der Waals surface area (Å²) in [7, 11) is 0. The van der Waals surface area contributed by atoms with Crippen molar-refractivity contribution in [2.24, 2.45) is 11.8 Å². The van der Waals surface area contributed by atoms with Crippen LogP contribution in [0.25, 0.3) is 21.8 Å². The van der Waals surface area contributed by atoms with Crippen LogP contribution in [0.5, 0.6) is 0 Å². The number of aliphatic carboxylic acids is 1. The minimum Gasteiger partial charge on any atom is -0.481 e. The zero-order chi connectivity index (χ0) is 25.0. The number of carboxylic acids is 1. The van der Waals surface area contributed by atoms with Crippen LogP contribution in [0.4, 0.5) is 4.39 Å². The van der Waals surface area contributed by atoms with Crippen molar-refractivity contribution >= 4 is 45.4 Å². The number of halogens is 1. The van der Waals surface area contributed by atoms with Gasteiger partial charge in [-0.15, -0.1) is 0 Å². The molecule has 178 valence electrons. The van der Waals surface area contributed by atoms with Crippen LogP contribution >= 0.6 is 0 Å². The number of alkyl halides is 1. The van der Waals surface area contributed by atoms with Gasteiger partial charge in [-0.1, -0.05) is 38.1 Å². The largest absolute Gasteiger partial charge is 0.481 e. The molecule has 2 N–H and O–H groups in total. The van der Waals surface area contributed by atoms with Crippen molar-refractivity contribution in [1.29, 1.82) is 0 Å². The number of fused-ring (bicyclic) bond motifs is 2. The molecule has 0 bridgehead atoms. The van der Waals surface area contributed by atoms with Crippen LogP contribution in [0.3, 0.4) is 0 Å². The maximum absolute atomic E-state index is 13.5. The van der Waals surface area contributed by atoms with E-state index in [-0.39, 0.29) is 17.8 Å². The van der Waals surface area contributed by atoms with Crippen molar-refractivity contribution in [3.63, 3.8) is 0 Å². The molecule has 0 radical (unpaired) electrons. The SMILES string of the molecule is CC(C)[C@@H](CC(=O)n1c2ccccc2c(=O)c2ccccc21)C(=O)NC(CC(=O)O)C(=O)CF. The number of nitrogens with one attached hydrogen (secondary N) is 1. The fourth-order valence-corrected chi connectivity index (χ4v) is 3.97. The summed E-state index contributed by atoms with van der Waals surface area (Å²) in [6.45, 7) is 2.00. The second-order valence-electron chi connectivity index (χ2n) is 8.41. The highest BCUT2D eigenvalue weighted by Crippen LogP contribution is 2.23. The normalized spacial score (nSPS) is 13.1. The summed E-state index contributed by atoms with van der Waals surface area (Å²) in [4.78, 5) is 62.2. The summed E-state index contributed by atoms with van der Waals surface area (Å²) in [5, 5.41) is 12.0. The Morgan fingerprint density at radius 3 is 1.94 bits per heavy atom. The summed E-state index contributed by atoms with van der Waals surface area (Å²) in [5.74, 6) is -4.86. The molecule has 0 saturated heterocycles. The third-order valence-electron chi connectivity index (χ3n) is 5.78. The molecule has 3 rings (SSSR count). The number of Topliss-reactive ketones (excluding diaryl/α,β-unsaturated/α-hetero) is 1. The predicted octanol–water partition coefficient (Wildman–Crippen LogP) is 2.96. The molecular formula is C25H25FN2O6. The average Bonchev–Trinajstić information content (AvgIpc) is 2.81. The molecule has 0 saturated carbocycles. The molecule has 34 heavy (non-hydrogen) atoms. The van der Waals surface area contributed by atoms with Gasteiger partial charge in [0.1, 0.15) is 12.7 Å². The molecule has 0 spiro atoms. The van der Waals surface area contributed by atoms with Gasteiger partial charge in [0.15, 0.2) is 11.2 Å². The van der Waals surface area contributed by atoms with E-state index in [0.717, 1.165) is 0 Å². The number of hydrogen-bond acceptors (Lipinski definition) is 5.